The molecule has 0 N–H and O–H groups in total. The first-order chi connectivity index (χ1) is 11.3. The van der Waals surface area contributed by atoms with Gasteiger partial charge in [-0.3, -0.25) is 9.80 Å². The van der Waals surface area contributed by atoms with Crippen LogP contribution in [0, 0.1) is 0 Å². The van der Waals surface area contributed by atoms with Gasteiger partial charge in [0.1, 0.15) is 0 Å². The Labute approximate surface area is 143 Å². The van der Waals surface area contributed by atoms with E-state index in [-0.39, 0.29) is 5.60 Å². The maximum Gasteiger partial charge on any atom is 0.0825 e. The van der Waals surface area contributed by atoms with E-state index in [4.69, 9.17) is 9.47 Å². The fourth-order valence-electron chi connectivity index (χ4n) is 4.33. The van der Waals surface area contributed by atoms with Crippen molar-refractivity contribution in [3.05, 3.63) is 22.4 Å². The van der Waals surface area contributed by atoms with E-state index in [1.54, 1.807) is 11.3 Å². The van der Waals surface area contributed by atoms with Crippen LogP contribution in [-0.2, 0) is 16.0 Å². The van der Waals surface area contributed by atoms with Crippen LogP contribution in [0.2, 0.25) is 0 Å². The normalized spacial score (nSPS) is 33.5. The molecule has 0 amide bonds. The molecule has 1 spiro atoms. The van der Waals surface area contributed by atoms with Crippen LogP contribution in [0.3, 0.4) is 0 Å². The molecule has 0 saturated carbocycles. The summed E-state index contributed by atoms with van der Waals surface area (Å²) in [5, 5.41) is 4.45. The highest BCUT2D eigenvalue weighted by Gasteiger charge is 2.43. The highest BCUT2D eigenvalue weighted by atomic mass is 32.1. The Balaban J connectivity index is 1.31. The fourth-order valence-corrected chi connectivity index (χ4v) is 4.99. The molecular weight excluding hydrogens is 308 g/mol. The molecule has 4 nitrogen and oxygen atoms in total. The van der Waals surface area contributed by atoms with Gasteiger partial charge in [-0.25, -0.2) is 0 Å². The second-order valence-electron chi connectivity index (χ2n) is 7.32. The van der Waals surface area contributed by atoms with Crippen LogP contribution in [0.4, 0.5) is 0 Å². The molecule has 1 aromatic heterocycles. The van der Waals surface area contributed by atoms with E-state index < -0.39 is 0 Å². The SMILES string of the molecule is c1cc(CN2CC[C@]3(CCC[C@@H](CN4CCOCC4)O3)C2)cs1. The van der Waals surface area contributed by atoms with Crippen molar-refractivity contribution in [2.45, 2.75) is 43.9 Å². The van der Waals surface area contributed by atoms with Gasteiger partial charge in [0.25, 0.3) is 0 Å². The molecule has 3 aliphatic rings. The Hall–Kier alpha value is -0.460. The molecule has 3 fully saturated rings. The van der Waals surface area contributed by atoms with Crippen LogP contribution in [0.1, 0.15) is 31.2 Å². The lowest BCUT2D eigenvalue weighted by Crippen LogP contribution is -2.48. The first-order valence-corrected chi connectivity index (χ1v) is 9.97. The monoisotopic (exact) mass is 336 g/mol. The van der Waals surface area contributed by atoms with Crippen molar-refractivity contribution in [2.75, 3.05) is 45.9 Å². The third kappa shape index (κ3) is 3.97. The van der Waals surface area contributed by atoms with Gasteiger partial charge in [-0.1, -0.05) is 0 Å². The van der Waals surface area contributed by atoms with E-state index in [1.165, 1.54) is 37.8 Å². The largest absolute Gasteiger partial charge is 0.379 e. The number of hydrogen-bond acceptors (Lipinski definition) is 5. The molecule has 5 heteroatoms. The van der Waals surface area contributed by atoms with E-state index in [9.17, 15) is 0 Å². The summed E-state index contributed by atoms with van der Waals surface area (Å²) in [6.07, 6.45) is 5.41. The van der Waals surface area contributed by atoms with Gasteiger partial charge in [0, 0.05) is 39.3 Å². The highest BCUT2D eigenvalue weighted by Crippen LogP contribution is 2.37. The highest BCUT2D eigenvalue weighted by molar-refractivity contribution is 7.07. The van der Waals surface area contributed by atoms with Gasteiger partial charge < -0.3 is 9.47 Å². The van der Waals surface area contributed by atoms with Crippen LogP contribution in [0.25, 0.3) is 0 Å². The second kappa shape index (κ2) is 7.19. The molecule has 1 aromatic rings. The van der Waals surface area contributed by atoms with Crippen molar-refractivity contribution in [2.24, 2.45) is 0 Å². The average molecular weight is 337 g/mol. The number of hydrogen-bond donors (Lipinski definition) is 0. The number of nitrogens with zero attached hydrogens (tertiary/aromatic N) is 2. The topological polar surface area (TPSA) is 24.9 Å². The van der Waals surface area contributed by atoms with E-state index >= 15 is 0 Å². The Bertz CT molecular complexity index is 489. The minimum absolute atomic E-state index is 0.130. The molecule has 2 atom stereocenters. The van der Waals surface area contributed by atoms with Crippen molar-refractivity contribution in [3.8, 4) is 0 Å². The summed E-state index contributed by atoms with van der Waals surface area (Å²) in [4.78, 5) is 5.10. The first-order valence-electron chi connectivity index (χ1n) is 9.03. The minimum Gasteiger partial charge on any atom is -0.379 e. The van der Waals surface area contributed by atoms with Gasteiger partial charge in [0.05, 0.1) is 24.9 Å². The van der Waals surface area contributed by atoms with Gasteiger partial charge in [0.2, 0.25) is 0 Å². The summed E-state index contributed by atoms with van der Waals surface area (Å²) in [5.74, 6) is 0. The van der Waals surface area contributed by atoms with E-state index in [0.29, 0.717) is 6.10 Å². The maximum atomic E-state index is 6.67. The summed E-state index contributed by atoms with van der Waals surface area (Å²) in [7, 11) is 0. The van der Waals surface area contributed by atoms with Crippen LogP contribution in [0.15, 0.2) is 16.8 Å². The third-order valence-electron chi connectivity index (χ3n) is 5.52. The summed E-state index contributed by atoms with van der Waals surface area (Å²) >= 11 is 1.80. The number of morpholine rings is 1. The molecule has 0 bridgehead atoms. The number of ether oxygens (including phenoxy) is 2. The first kappa shape index (κ1) is 16.0. The number of rotatable bonds is 4. The van der Waals surface area contributed by atoms with Crippen molar-refractivity contribution in [1.29, 1.82) is 0 Å². The Morgan fingerprint density at radius 2 is 2.09 bits per heavy atom. The number of thiophene rings is 1. The van der Waals surface area contributed by atoms with Crippen LogP contribution in [-0.4, -0.2) is 67.4 Å². The van der Waals surface area contributed by atoms with Crippen molar-refractivity contribution in [1.82, 2.24) is 9.80 Å². The lowest BCUT2D eigenvalue weighted by Gasteiger charge is -2.41. The van der Waals surface area contributed by atoms with E-state index in [0.717, 1.165) is 45.9 Å². The van der Waals surface area contributed by atoms with Crippen molar-refractivity contribution < 1.29 is 9.47 Å². The smallest absolute Gasteiger partial charge is 0.0825 e. The summed E-state index contributed by atoms with van der Waals surface area (Å²) < 4.78 is 12.1. The zero-order valence-electron chi connectivity index (χ0n) is 13.9. The molecule has 0 aliphatic carbocycles. The lowest BCUT2D eigenvalue weighted by molar-refractivity contribution is -0.132. The third-order valence-corrected chi connectivity index (χ3v) is 6.25. The van der Waals surface area contributed by atoms with Gasteiger partial charge >= 0.3 is 0 Å². The quantitative estimate of drug-likeness (QED) is 0.844. The van der Waals surface area contributed by atoms with E-state index in [1.807, 2.05) is 0 Å². The molecule has 128 valence electrons. The fraction of sp³-hybridized carbons (Fsp3) is 0.778. The van der Waals surface area contributed by atoms with Gasteiger partial charge in [-0.05, 0) is 48.1 Å². The standard InChI is InChI=1S/C18H28N2O2S/c1-2-17(13-19-7-9-21-10-8-19)22-18(4-1)5-6-20(15-18)12-16-3-11-23-14-16/h3,11,14,17H,1-2,4-10,12-13,15H2/t17-,18+/m0/s1. The lowest BCUT2D eigenvalue weighted by atomic mass is 9.90. The molecule has 23 heavy (non-hydrogen) atoms. The molecular formula is C18H28N2O2S. The van der Waals surface area contributed by atoms with Gasteiger partial charge in [0.15, 0.2) is 0 Å². The Morgan fingerprint density at radius 3 is 2.91 bits per heavy atom. The summed E-state index contributed by atoms with van der Waals surface area (Å²) in [6, 6.07) is 2.25. The Kier molecular flexibility index (Phi) is 5.02. The zero-order chi connectivity index (χ0) is 15.5. The van der Waals surface area contributed by atoms with Crippen molar-refractivity contribution in [3.63, 3.8) is 0 Å². The minimum atomic E-state index is 0.130. The molecule has 0 aromatic carbocycles. The summed E-state index contributed by atoms with van der Waals surface area (Å²) in [6.45, 7) is 8.37. The molecule has 3 aliphatic heterocycles. The maximum absolute atomic E-state index is 6.67. The second-order valence-corrected chi connectivity index (χ2v) is 8.10. The molecule has 4 heterocycles. The predicted octanol–water partition coefficient (Wildman–Crippen LogP) is 2.59. The van der Waals surface area contributed by atoms with Crippen molar-refractivity contribution >= 4 is 11.3 Å². The van der Waals surface area contributed by atoms with E-state index in [2.05, 4.69) is 26.6 Å². The van der Waals surface area contributed by atoms with Crippen LogP contribution >= 0.6 is 11.3 Å². The average Bonchev–Trinajstić information content (AvgIpc) is 3.20. The van der Waals surface area contributed by atoms with Crippen LogP contribution < -0.4 is 0 Å². The molecule has 0 radical (unpaired) electrons. The summed E-state index contributed by atoms with van der Waals surface area (Å²) in [5.41, 5.74) is 1.58. The molecule has 4 rings (SSSR count). The Morgan fingerprint density at radius 1 is 1.17 bits per heavy atom. The van der Waals surface area contributed by atoms with Crippen LogP contribution in [0.5, 0.6) is 0 Å². The van der Waals surface area contributed by atoms with Gasteiger partial charge in [-0.2, -0.15) is 11.3 Å². The molecule has 3 saturated heterocycles. The predicted molar refractivity (Wildman–Crippen MR) is 92.9 cm³/mol. The zero-order valence-corrected chi connectivity index (χ0v) is 14.7. The molecule has 0 unspecified atom stereocenters. The van der Waals surface area contributed by atoms with Gasteiger partial charge in [-0.15, -0.1) is 0 Å². The number of likely N-dealkylation sites (tertiary alicyclic amines) is 1.